The van der Waals surface area contributed by atoms with Crippen LogP contribution < -0.4 is 10.6 Å². The summed E-state index contributed by atoms with van der Waals surface area (Å²) in [6.45, 7) is 12.5. The van der Waals surface area contributed by atoms with E-state index in [1.807, 2.05) is 6.08 Å². The molecule has 6 heteroatoms. The first-order chi connectivity index (χ1) is 10.8. The van der Waals surface area contributed by atoms with E-state index in [1.54, 1.807) is 20.8 Å². The van der Waals surface area contributed by atoms with Crippen LogP contribution in [0.5, 0.6) is 0 Å². The normalized spacial score (nSPS) is 16.7. The highest BCUT2D eigenvalue weighted by molar-refractivity contribution is 5.77. The molecule has 0 aromatic carbocycles. The Balaban J connectivity index is 2.13. The Kier molecular flexibility index (Phi) is 8.09. The molecule has 1 aliphatic heterocycles. The smallest absolute Gasteiger partial charge is 0.407 e. The quantitative estimate of drug-likeness (QED) is 0.703. The van der Waals surface area contributed by atoms with Crippen LogP contribution in [0.2, 0.25) is 0 Å². The fraction of sp³-hybridized carbons (Fsp3) is 0.765. The van der Waals surface area contributed by atoms with E-state index in [4.69, 9.17) is 4.74 Å². The van der Waals surface area contributed by atoms with E-state index in [2.05, 4.69) is 22.1 Å². The van der Waals surface area contributed by atoms with Crippen molar-refractivity contribution in [1.29, 1.82) is 0 Å². The maximum absolute atomic E-state index is 11.9. The molecule has 132 valence electrons. The van der Waals surface area contributed by atoms with Crippen molar-refractivity contribution in [3.8, 4) is 0 Å². The Bertz CT molecular complexity index is 396. The SMILES string of the molecule is C=CCCN1CCC(NC(=O)CCNC(=O)OC(C)(C)C)CC1. The van der Waals surface area contributed by atoms with Crippen molar-refractivity contribution in [2.45, 2.75) is 58.1 Å². The minimum Gasteiger partial charge on any atom is -0.444 e. The monoisotopic (exact) mass is 325 g/mol. The molecule has 6 nitrogen and oxygen atoms in total. The van der Waals surface area contributed by atoms with Gasteiger partial charge < -0.3 is 20.3 Å². The topological polar surface area (TPSA) is 70.7 Å². The number of carbonyl (C=O) groups is 2. The van der Waals surface area contributed by atoms with Crippen LogP contribution in [0.15, 0.2) is 12.7 Å². The molecule has 1 saturated heterocycles. The summed E-state index contributed by atoms with van der Waals surface area (Å²) < 4.78 is 5.12. The molecule has 0 spiro atoms. The van der Waals surface area contributed by atoms with Gasteiger partial charge in [-0.1, -0.05) is 6.08 Å². The Morgan fingerprint density at radius 3 is 2.52 bits per heavy atom. The molecule has 0 saturated carbocycles. The summed E-state index contributed by atoms with van der Waals surface area (Å²) in [6.07, 6.45) is 4.68. The number of rotatable bonds is 7. The standard InChI is InChI=1S/C17H31N3O3/c1-5-6-11-20-12-8-14(9-13-20)19-15(21)7-10-18-16(22)23-17(2,3)4/h5,14H,1,6-13H2,2-4H3,(H,18,22)(H,19,21). The van der Waals surface area contributed by atoms with Crippen molar-refractivity contribution in [2.24, 2.45) is 0 Å². The Hall–Kier alpha value is -1.56. The number of hydrogen-bond acceptors (Lipinski definition) is 4. The van der Waals surface area contributed by atoms with Crippen LogP contribution in [0.1, 0.15) is 46.5 Å². The summed E-state index contributed by atoms with van der Waals surface area (Å²) >= 11 is 0. The third kappa shape index (κ3) is 9.23. The largest absolute Gasteiger partial charge is 0.444 e. The van der Waals surface area contributed by atoms with Crippen molar-refractivity contribution < 1.29 is 14.3 Å². The van der Waals surface area contributed by atoms with Gasteiger partial charge in [0, 0.05) is 38.6 Å². The number of hydrogen-bond donors (Lipinski definition) is 2. The molecule has 1 rings (SSSR count). The predicted molar refractivity (Wildman–Crippen MR) is 91.3 cm³/mol. The summed E-state index contributed by atoms with van der Waals surface area (Å²) in [5, 5.41) is 5.64. The lowest BCUT2D eigenvalue weighted by molar-refractivity contribution is -0.122. The second-order valence-electron chi connectivity index (χ2n) is 6.94. The van der Waals surface area contributed by atoms with Crippen molar-refractivity contribution >= 4 is 12.0 Å². The van der Waals surface area contributed by atoms with E-state index in [-0.39, 0.29) is 18.4 Å². The summed E-state index contributed by atoms with van der Waals surface area (Å²) in [5.41, 5.74) is -0.522. The fourth-order valence-electron chi connectivity index (χ4n) is 2.47. The van der Waals surface area contributed by atoms with Gasteiger partial charge in [-0.3, -0.25) is 4.79 Å². The summed E-state index contributed by atoms with van der Waals surface area (Å²) in [7, 11) is 0. The average molecular weight is 325 g/mol. The van der Waals surface area contributed by atoms with Crippen LogP contribution in [-0.2, 0) is 9.53 Å². The number of piperidine rings is 1. The highest BCUT2D eigenvalue weighted by atomic mass is 16.6. The first-order valence-electron chi connectivity index (χ1n) is 8.39. The van der Waals surface area contributed by atoms with Crippen LogP contribution >= 0.6 is 0 Å². The van der Waals surface area contributed by atoms with Gasteiger partial charge in [0.05, 0.1) is 0 Å². The van der Waals surface area contributed by atoms with Gasteiger partial charge in [0.15, 0.2) is 0 Å². The highest BCUT2D eigenvalue weighted by Gasteiger charge is 2.20. The molecule has 1 fully saturated rings. The number of nitrogens with zero attached hydrogens (tertiary/aromatic N) is 1. The Morgan fingerprint density at radius 2 is 1.96 bits per heavy atom. The van der Waals surface area contributed by atoms with Gasteiger partial charge in [-0.2, -0.15) is 0 Å². The zero-order valence-corrected chi connectivity index (χ0v) is 14.7. The van der Waals surface area contributed by atoms with Crippen LogP contribution in [0.3, 0.4) is 0 Å². The molecule has 0 aromatic heterocycles. The molecule has 1 aliphatic rings. The van der Waals surface area contributed by atoms with E-state index in [0.29, 0.717) is 6.54 Å². The number of nitrogens with one attached hydrogen (secondary N) is 2. The van der Waals surface area contributed by atoms with Gasteiger partial charge in [-0.05, 0) is 40.0 Å². The van der Waals surface area contributed by atoms with Crippen molar-refractivity contribution in [3.05, 3.63) is 12.7 Å². The van der Waals surface area contributed by atoms with Gasteiger partial charge in [0.1, 0.15) is 5.60 Å². The molecule has 0 aromatic rings. The second-order valence-corrected chi connectivity index (χ2v) is 6.94. The molecule has 0 bridgehead atoms. The maximum Gasteiger partial charge on any atom is 0.407 e. The molecule has 0 radical (unpaired) electrons. The summed E-state index contributed by atoms with van der Waals surface area (Å²) in [6, 6.07) is 0.240. The minimum absolute atomic E-state index is 0.0226. The maximum atomic E-state index is 11.9. The zero-order valence-electron chi connectivity index (χ0n) is 14.7. The van der Waals surface area contributed by atoms with E-state index in [0.717, 1.165) is 38.9 Å². The van der Waals surface area contributed by atoms with Crippen LogP contribution in [0.4, 0.5) is 4.79 Å². The lowest BCUT2D eigenvalue weighted by Gasteiger charge is -2.32. The van der Waals surface area contributed by atoms with E-state index in [1.165, 1.54) is 0 Å². The predicted octanol–water partition coefficient (Wildman–Crippen LogP) is 2.06. The molecular weight excluding hydrogens is 294 g/mol. The van der Waals surface area contributed by atoms with E-state index >= 15 is 0 Å². The van der Waals surface area contributed by atoms with Gasteiger partial charge in [-0.25, -0.2) is 4.79 Å². The minimum atomic E-state index is -0.522. The highest BCUT2D eigenvalue weighted by Crippen LogP contribution is 2.11. The number of carbonyl (C=O) groups excluding carboxylic acids is 2. The van der Waals surface area contributed by atoms with Crippen molar-refractivity contribution in [2.75, 3.05) is 26.2 Å². The lowest BCUT2D eigenvalue weighted by Crippen LogP contribution is -2.45. The first kappa shape index (κ1) is 19.5. The summed E-state index contributed by atoms with van der Waals surface area (Å²) in [5.74, 6) is -0.0226. The molecule has 0 unspecified atom stereocenters. The van der Waals surface area contributed by atoms with Gasteiger partial charge >= 0.3 is 6.09 Å². The van der Waals surface area contributed by atoms with Crippen LogP contribution in [0.25, 0.3) is 0 Å². The average Bonchev–Trinajstić information content (AvgIpc) is 2.44. The number of likely N-dealkylation sites (tertiary alicyclic amines) is 1. The zero-order chi connectivity index (χ0) is 17.3. The first-order valence-corrected chi connectivity index (χ1v) is 8.39. The molecule has 2 N–H and O–H groups in total. The Labute approximate surface area is 139 Å². The van der Waals surface area contributed by atoms with Gasteiger partial charge in [0.25, 0.3) is 0 Å². The fourth-order valence-corrected chi connectivity index (χ4v) is 2.47. The van der Waals surface area contributed by atoms with Gasteiger partial charge in [-0.15, -0.1) is 6.58 Å². The molecule has 2 amide bonds. The summed E-state index contributed by atoms with van der Waals surface area (Å²) in [4.78, 5) is 25.8. The molecule has 0 aliphatic carbocycles. The van der Waals surface area contributed by atoms with Crippen LogP contribution in [0, 0.1) is 0 Å². The van der Waals surface area contributed by atoms with Crippen LogP contribution in [-0.4, -0.2) is 54.7 Å². The number of ether oxygens (including phenoxy) is 1. The second kappa shape index (κ2) is 9.55. The van der Waals surface area contributed by atoms with Crippen molar-refractivity contribution in [1.82, 2.24) is 15.5 Å². The van der Waals surface area contributed by atoms with E-state index in [9.17, 15) is 9.59 Å². The van der Waals surface area contributed by atoms with Crippen molar-refractivity contribution in [3.63, 3.8) is 0 Å². The molecular formula is C17H31N3O3. The van der Waals surface area contributed by atoms with Gasteiger partial charge in [0.2, 0.25) is 5.91 Å². The number of alkyl carbamates (subject to hydrolysis) is 1. The third-order valence-corrected chi connectivity index (χ3v) is 3.62. The molecule has 23 heavy (non-hydrogen) atoms. The third-order valence-electron chi connectivity index (χ3n) is 3.62. The molecule has 0 atom stereocenters. The van der Waals surface area contributed by atoms with E-state index < -0.39 is 11.7 Å². The lowest BCUT2D eigenvalue weighted by atomic mass is 10.0. The number of amides is 2. The Morgan fingerprint density at radius 1 is 1.30 bits per heavy atom. The molecule has 1 heterocycles.